The fourth-order valence-electron chi connectivity index (χ4n) is 4.87. The van der Waals surface area contributed by atoms with Crippen molar-refractivity contribution in [3.8, 4) is 0 Å². The Labute approximate surface area is 187 Å². The second kappa shape index (κ2) is 8.61. The predicted octanol–water partition coefficient (Wildman–Crippen LogP) is 1.27. The van der Waals surface area contributed by atoms with Crippen LogP contribution in [0.1, 0.15) is 37.2 Å². The minimum absolute atomic E-state index is 0.0338. The van der Waals surface area contributed by atoms with Gasteiger partial charge in [0.25, 0.3) is 5.78 Å². The molecule has 4 rings (SSSR count). The highest BCUT2D eigenvalue weighted by Crippen LogP contribution is 2.46. The molecular weight excluding hydrogens is 410 g/mol. The number of allylic oxidation sites excluding steroid dienone is 2. The lowest BCUT2D eigenvalue weighted by molar-refractivity contribution is -0.178. The number of ketones is 2. The van der Waals surface area contributed by atoms with E-state index in [1.807, 2.05) is 30.3 Å². The van der Waals surface area contributed by atoms with Crippen molar-refractivity contribution in [1.29, 1.82) is 0 Å². The number of carbonyl (C=O) groups excluding carboxylic acids is 3. The van der Waals surface area contributed by atoms with Gasteiger partial charge in [-0.2, -0.15) is 0 Å². The second-order valence-electron chi connectivity index (χ2n) is 8.77. The highest BCUT2D eigenvalue weighted by molar-refractivity contribution is 6.45. The SMILES string of the molecule is CN(C)C(=O)C1C=CC(=O)C(=O)C1(O)N(N)C1=C(C(c2ccccc2)C2CCCO2)CC1. The number of benzene rings is 1. The maximum atomic E-state index is 12.9. The molecule has 1 aromatic rings. The van der Waals surface area contributed by atoms with Crippen molar-refractivity contribution in [3.63, 3.8) is 0 Å². The maximum absolute atomic E-state index is 12.9. The summed E-state index contributed by atoms with van der Waals surface area (Å²) in [5.74, 6) is 2.51. The summed E-state index contributed by atoms with van der Waals surface area (Å²) in [6.45, 7) is 0.685. The second-order valence-corrected chi connectivity index (χ2v) is 8.77. The van der Waals surface area contributed by atoms with Gasteiger partial charge in [0, 0.05) is 32.3 Å². The van der Waals surface area contributed by atoms with Gasteiger partial charge in [-0.05, 0) is 42.9 Å². The normalized spacial score (nSPS) is 28.5. The Bertz CT molecular complexity index is 981. The molecule has 1 fully saturated rings. The van der Waals surface area contributed by atoms with Gasteiger partial charge < -0.3 is 14.7 Å². The first-order valence-electron chi connectivity index (χ1n) is 10.9. The number of rotatable bonds is 6. The van der Waals surface area contributed by atoms with Gasteiger partial charge in [0.1, 0.15) is 5.92 Å². The van der Waals surface area contributed by atoms with Crippen molar-refractivity contribution in [2.24, 2.45) is 11.8 Å². The van der Waals surface area contributed by atoms with Crippen LogP contribution in [0.2, 0.25) is 0 Å². The van der Waals surface area contributed by atoms with E-state index in [1.54, 1.807) is 0 Å². The van der Waals surface area contributed by atoms with Gasteiger partial charge in [-0.1, -0.05) is 36.4 Å². The Balaban J connectivity index is 1.77. The minimum Gasteiger partial charge on any atom is -0.377 e. The number of hydrogen-bond donors (Lipinski definition) is 2. The molecule has 1 saturated heterocycles. The molecule has 1 amide bonds. The Morgan fingerprint density at radius 2 is 1.94 bits per heavy atom. The molecule has 170 valence electrons. The molecule has 1 aliphatic heterocycles. The van der Waals surface area contributed by atoms with Crippen LogP contribution < -0.4 is 5.84 Å². The number of nitrogens with zero attached hydrogens (tertiary/aromatic N) is 2. The number of nitrogens with two attached hydrogens (primary N) is 1. The van der Waals surface area contributed by atoms with Crippen molar-refractivity contribution < 1.29 is 24.2 Å². The molecule has 4 unspecified atom stereocenters. The molecule has 0 spiro atoms. The van der Waals surface area contributed by atoms with Crippen LogP contribution in [0, 0.1) is 5.92 Å². The van der Waals surface area contributed by atoms with Gasteiger partial charge in [-0.15, -0.1) is 0 Å². The van der Waals surface area contributed by atoms with E-state index in [-0.39, 0.29) is 12.0 Å². The summed E-state index contributed by atoms with van der Waals surface area (Å²) in [7, 11) is 3.05. The van der Waals surface area contributed by atoms with Crippen LogP contribution in [0.25, 0.3) is 0 Å². The quantitative estimate of drug-likeness (QED) is 0.297. The Morgan fingerprint density at radius 1 is 1.22 bits per heavy atom. The van der Waals surface area contributed by atoms with Crippen LogP contribution >= 0.6 is 0 Å². The number of carbonyl (C=O) groups is 3. The smallest absolute Gasteiger partial charge is 0.257 e. The largest absolute Gasteiger partial charge is 0.377 e. The average Bonchev–Trinajstić information content (AvgIpc) is 3.29. The lowest BCUT2D eigenvalue weighted by Gasteiger charge is -2.47. The van der Waals surface area contributed by atoms with E-state index >= 15 is 0 Å². The third kappa shape index (κ3) is 3.58. The molecular formula is C24H29N3O5. The fourth-order valence-corrected chi connectivity index (χ4v) is 4.87. The number of ether oxygens (including phenoxy) is 1. The Hall–Kier alpha value is -2.81. The van der Waals surface area contributed by atoms with E-state index in [9.17, 15) is 19.5 Å². The zero-order valence-corrected chi connectivity index (χ0v) is 18.4. The molecule has 0 aromatic heterocycles. The van der Waals surface area contributed by atoms with Gasteiger partial charge >= 0.3 is 0 Å². The number of hydrogen-bond acceptors (Lipinski definition) is 7. The lowest BCUT2D eigenvalue weighted by Crippen LogP contribution is -2.67. The monoisotopic (exact) mass is 439 g/mol. The highest BCUT2D eigenvalue weighted by atomic mass is 16.5. The summed E-state index contributed by atoms with van der Waals surface area (Å²) in [5.41, 5.74) is 0.125. The first kappa shape index (κ1) is 22.4. The summed E-state index contributed by atoms with van der Waals surface area (Å²) in [4.78, 5) is 39.1. The van der Waals surface area contributed by atoms with E-state index in [4.69, 9.17) is 10.6 Å². The van der Waals surface area contributed by atoms with E-state index < -0.39 is 29.1 Å². The summed E-state index contributed by atoms with van der Waals surface area (Å²) in [5, 5.41) is 12.5. The first-order valence-corrected chi connectivity index (χ1v) is 10.9. The Morgan fingerprint density at radius 3 is 2.50 bits per heavy atom. The molecule has 3 N–H and O–H groups in total. The van der Waals surface area contributed by atoms with Crippen LogP contribution in [0.15, 0.2) is 53.8 Å². The third-order valence-electron chi connectivity index (χ3n) is 6.67. The van der Waals surface area contributed by atoms with Gasteiger partial charge in [-0.3, -0.25) is 19.4 Å². The molecule has 3 aliphatic rings. The molecule has 2 aliphatic carbocycles. The van der Waals surface area contributed by atoms with Gasteiger partial charge in [0.05, 0.1) is 6.10 Å². The van der Waals surface area contributed by atoms with Crippen LogP contribution in [0.3, 0.4) is 0 Å². The lowest BCUT2D eigenvalue weighted by atomic mass is 9.75. The molecule has 8 nitrogen and oxygen atoms in total. The standard InChI is InChI=1S/C24H29N3O5/c1-26(2)23(30)17-11-13-19(28)22(29)24(17,31)27(25)18-12-10-16(18)21(20-9-6-14-32-20)15-7-4-3-5-8-15/h3-5,7-8,11,13,17,20-21,31H,6,9-10,12,14,25H2,1-2H3. The zero-order valence-electron chi connectivity index (χ0n) is 18.4. The molecule has 0 radical (unpaired) electrons. The topological polar surface area (TPSA) is 113 Å². The highest BCUT2D eigenvalue weighted by Gasteiger charge is 2.56. The molecule has 1 heterocycles. The maximum Gasteiger partial charge on any atom is 0.257 e. The number of amides is 1. The van der Waals surface area contributed by atoms with Gasteiger partial charge in [0.15, 0.2) is 0 Å². The number of Topliss-reactive ketones (excluding diaryl/α,β-unsaturated/α-hetero) is 1. The van der Waals surface area contributed by atoms with Crippen molar-refractivity contribution in [2.75, 3.05) is 20.7 Å². The Kier molecular flexibility index (Phi) is 6.03. The van der Waals surface area contributed by atoms with Gasteiger partial charge in [0.2, 0.25) is 17.4 Å². The van der Waals surface area contributed by atoms with Crippen molar-refractivity contribution in [2.45, 2.75) is 43.4 Å². The number of hydrazine groups is 1. The molecule has 8 heteroatoms. The van der Waals surface area contributed by atoms with Crippen LogP contribution in [0.4, 0.5) is 0 Å². The van der Waals surface area contributed by atoms with E-state index in [2.05, 4.69) is 0 Å². The predicted molar refractivity (Wildman–Crippen MR) is 117 cm³/mol. The van der Waals surface area contributed by atoms with Crippen molar-refractivity contribution in [1.82, 2.24) is 9.91 Å². The summed E-state index contributed by atoms with van der Waals surface area (Å²) in [6.07, 6.45) is 5.37. The van der Waals surface area contributed by atoms with Crippen LogP contribution in [0.5, 0.6) is 0 Å². The van der Waals surface area contributed by atoms with Gasteiger partial charge in [-0.25, -0.2) is 5.84 Å². The van der Waals surface area contributed by atoms with E-state index in [1.165, 1.54) is 25.1 Å². The summed E-state index contributed by atoms with van der Waals surface area (Å²) in [6, 6.07) is 9.93. The van der Waals surface area contributed by atoms with Crippen molar-refractivity contribution >= 4 is 17.5 Å². The van der Waals surface area contributed by atoms with Crippen LogP contribution in [-0.4, -0.2) is 65.0 Å². The van der Waals surface area contributed by atoms with E-state index in [0.29, 0.717) is 18.7 Å². The first-order chi connectivity index (χ1) is 15.3. The fraction of sp³-hybridized carbons (Fsp3) is 0.458. The number of aliphatic hydroxyl groups is 1. The molecule has 32 heavy (non-hydrogen) atoms. The summed E-state index contributed by atoms with van der Waals surface area (Å²) < 4.78 is 6.01. The molecule has 1 aromatic carbocycles. The van der Waals surface area contributed by atoms with Crippen LogP contribution in [-0.2, 0) is 19.1 Å². The third-order valence-corrected chi connectivity index (χ3v) is 6.67. The molecule has 0 saturated carbocycles. The average molecular weight is 440 g/mol. The molecule has 4 atom stereocenters. The molecule has 0 bridgehead atoms. The van der Waals surface area contributed by atoms with E-state index in [0.717, 1.165) is 41.5 Å². The van der Waals surface area contributed by atoms with Crippen molar-refractivity contribution in [3.05, 3.63) is 59.3 Å². The summed E-state index contributed by atoms with van der Waals surface area (Å²) >= 11 is 0. The zero-order chi connectivity index (χ0) is 23.0. The minimum atomic E-state index is -2.48.